The fraction of sp³-hybridized carbons (Fsp3) is 0.538. The van der Waals surface area contributed by atoms with Crippen LogP contribution in [-0.2, 0) is 9.84 Å². The second kappa shape index (κ2) is 6.17. The highest BCUT2D eigenvalue weighted by Gasteiger charge is 2.19. The molecule has 0 saturated carbocycles. The Morgan fingerprint density at radius 2 is 1.94 bits per heavy atom. The average Bonchev–Trinajstić information content (AvgIpc) is 2.27. The summed E-state index contributed by atoms with van der Waals surface area (Å²) in [5, 5.41) is 3.09. The van der Waals surface area contributed by atoms with Crippen LogP contribution in [0, 0.1) is 6.92 Å². The van der Waals surface area contributed by atoms with Gasteiger partial charge in [0.15, 0.2) is 9.84 Å². The number of rotatable bonds is 6. The molecule has 0 fully saturated rings. The summed E-state index contributed by atoms with van der Waals surface area (Å²) in [6, 6.07) is 7.78. The Hall–Kier alpha value is -0.870. The SMILES string of the molecule is CCCS(=O)(=O)CC(NC)c1ccccc1C. The highest BCUT2D eigenvalue weighted by atomic mass is 32.2. The van der Waals surface area contributed by atoms with Crippen LogP contribution in [0.25, 0.3) is 0 Å². The lowest BCUT2D eigenvalue weighted by molar-refractivity contribution is 0.572. The predicted octanol–water partition coefficient (Wildman–Crippen LogP) is 2.08. The molecule has 0 saturated heterocycles. The van der Waals surface area contributed by atoms with Crippen molar-refractivity contribution in [3.8, 4) is 0 Å². The van der Waals surface area contributed by atoms with Gasteiger partial charge in [0.1, 0.15) is 0 Å². The van der Waals surface area contributed by atoms with Gasteiger partial charge >= 0.3 is 0 Å². The molecule has 1 aromatic carbocycles. The number of hydrogen-bond acceptors (Lipinski definition) is 3. The van der Waals surface area contributed by atoms with Crippen LogP contribution >= 0.6 is 0 Å². The van der Waals surface area contributed by atoms with Gasteiger partial charge in [-0.05, 0) is 31.5 Å². The summed E-state index contributed by atoms with van der Waals surface area (Å²) in [5.74, 6) is 0.430. The van der Waals surface area contributed by atoms with Crippen LogP contribution in [0.2, 0.25) is 0 Å². The Bertz CT molecular complexity index is 454. The van der Waals surface area contributed by atoms with Crippen molar-refractivity contribution in [1.29, 1.82) is 0 Å². The van der Waals surface area contributed by atoms with Crippen LogP contribution in [0.1, 0.15) is 30.5 Å². The van der Waals surface area contributed by atoms with Crippen molar-refractivity contribution in [3.63, 3.8) is 0 Å². The summed E-state index contributed by atoms with van der Waals surface area (Å²) in [6.45, 7) is 3.89. The van der Waals surface area contributed by atoms with E-state index in [-0.39, 0.29) is 17.5 Å². The zero-order valence-corrected chi connectivity index (χ0v) is 11.5. The van der Waals surface area contributed by atoms with Crippen molar-refractivity contribution >= 4 is 9.84 Å². The molecule has 96 valence electrons. The molecule has 0 radical (unpaired) electrons. The topological polar surface area (TPSA) is 46.2 Å². The Morgan fingerprint density at radius 1 is 1.29 bits per heavy atom. The van der Waals surface area contributed by atoms with E-state index in [4.69, 9.17) is 0 Å². The van der Waals surface area contributed by atoms with Crippen molar-refractivity contribution < 1.29 is 8.42 Å². The zero-order valence-electron chi connectivity index (χ0n) is 10.7. The molecular weight excluding hydrogens is 234 g/mol. The molecule has 0 aliphatic rings. The molecule has 0 aliphatic heterocycles. The maximum Gasteiger partial charge on any atom is 0.152 e. The number of nitrogens with one attached hydrogen (secondary N) is 1. The minimum Gasteiger partial charge on any atom is -0.312 e. The van der Waals surface area contributed by atoms with Gasteiger partial charge < -0.3 is 5.32 Å². The van der Waals surface area contributed by atoms with E-state index < -0.39 is 9.84 Å². The van der Waals surface area contributed by atoms with E-state index in [9.17, 15) is 8.42 Å². The van der Waals surface area contributed by atoms with E-state index in [0.29, 0.717) is 6.42 Å². The molecule has 0 aromatic heterocycles. The van der Waals surface area contributed by atoms with Gasteiger partial charge in [-0.1, -0.05) is 31.2 Å². The first-order valence-electron chi connectivity index (χ1n) is 5.93. The lowest BCUT2D eigenvalue weighted by atomic mass is 10.0. The van der Waals surface area contributed by atoms with Crippen molar-refractivity contribution in [1.82, 2.24) is 5.32 Å². The van der Waals surface area contributed by atoms with Crippen LogP contribution in [0.5, 0.6) is 0 Å². The maximum atomic E-state index is 11.8. The van der Waals surface area contributed by atoms with E-state index in [2.05, 4.69) is 5.32 Å². The summed E-state index contributed by atoms with van der Waals surface area (Å²) in [4.78, 5) is 0. The van der Waals surface area contributed by atoms with Crippen molar-refractivity contribution in [2.45, 2.75) is 26.3 Å². The molecule has 3 nitrogen and oxygen atoms in total. The van der Waals surface area contributed by atoms with Crippen LogP contribution in [0.15, 0.2) is 24.3 Å². The van der Waals surface area contributed by atoms with Gasteiger partial charge in [0.2, 0.25) is 0 Å². The van der Waals surface area contributed by atoms with Crippen molar-refractivity contribution in [2.24, 2.45) is 0 Å². The summed E-state index contributed by atoms with van der Waals surface area (Å²) in [5.41, 5.74) is 2.19. The monoisotopic (exact) mass is 255 g/mol. The third kappa shape index (κ3) is 4.13. The van der Waals surface area contributed by atoms with Gasteiger partial charge in [0, 0.05) is 11.8 Å². The minimum absolute atomic E-state index is 0.118. The second-order valence-corrected chi connectivity index (χ2v) is 6.54. The van der Waals surface area contributed by atoms with Gasteiger partial charge in [-0.2, -0.15) is 0 Å². The Balaban J connectivity index is 2.91. The Morgan fingerprint density at radius 3 is 2.47 bits per heavy atom. The Labute approximate surface area is 104 Å². The van der Waals surface area contributed by atoms with Crippen LogP contribution in [0.3, 0.4) is 0 Å². The van der Waals surface area contributed by atoms with E-state index in [1.807, 2.05) is 38.1 Å². The van der Waals surface area contributed by atoms with Crippen LogP contribution < -0.4 is 5.32 Å². The van der Waals surface area contributed by atoms with Gasteiger partial charge in [0.25, 0.3) is 0 Å². The van der Waals surface area contributed by atoms with E-state index in [0.717, 1.165) is 11.1 Å². The minimum atomic E-state index is -2.97. The number of hydrogen-bond donors (Lipinski definition) is 1. The molecule has 1 atom stereocenters. The summed E-state index contributed by atoms with van der Waals surface area (Å²) in [6.07, 6.45) is 0.673. The normalized spacial score (nSPS) is 13.6. The molecule has 0 spiro atoms. The fourth-order valence-electron chi connectivity index (χ4n) is 1.95. The molecule has 4 heteroatoms. The number of sulfone groups is 1. The summed E-state index contributed by atoms with van der Waals surface area (Å²) < 4.78 is 23.7. The largest absolute Gasteiger partial charge is 0.312 e. The van der Waals surface area contributed by atoms with Crippen LogP contribution in [-0.4, -0.2) is 27.0 Å². The van der Waals surface area contributed by atoms with E-state index in [1.165, 1.54) is 0 Å². The fourth-order valence-corrected chi connectivity index (χ4v) is 3.60. The zero-order chi connectivity index (χ0) is 12.9. The lowest BCUT2D eigenvalue weighted by Crippen LogP contribution is -2.27. The quantitative estimate of drug-likeness (QED) is 0.846. The third-order valence-corrected chi connectivity index (χ3v) is 4.72. The molecule has 1 unspecified atom stereocenters. The summed E-state index contributed by atoms with van der Waals surface area (Å²) in [7, 11) is -1.17. The first-order valence-corrected chi connectivity index (χ1v) is 7.75. The average molecular weight is 255 g/mol. The third-order valence-electron chi connectivity index (χ3n) is 2.85. The maximum absolute atomic E-state index is 11.8. The van der Waals surface area contributed by atoms with Gasteiger partial charge in [-0.3, -0.25) is 0 Å². The molecule has 1 aromatic rings. The standard InChI is InChI=1S/C13H21NO2S/c1-4-9-17(15,16)10-13(14-3)12-8-6-5-7-11(12)2/h5-8,13-14H,4,9-10H2,1-3H3. The molecule has 0 amide bonds. The van der Waals surface area contributed by atoms with Gasteiger partial charge in [0.05, 0.1) is 5.75 Å². The first kappa shape index (κ1) is 14.2. The van der Waals surface area contributed by atoms with Crippen molar-refractivity contribution in [2.75, 3.05) is 18.6 Å². The first-order chi connectivity index (χ1) is 8.00. The van der Waals surface area contributed by atoms with Gasteiger partial charge in [-0.15, -0.1) is 0 Å². The molecule has 0 bridgehead atoms. The lowest BCUT2D eigenvalue weighted by Gasteiger charge is -2.18. The number of benzene rings is 1. The molecule has 1 N–H and O–H groups in total. The molecule has 0 aliphatic carbocycles. The highest BCUT2D eigenvalue weighted by Crippen LogP contribution is 2.19. The molecule has 17 heavy (non-hydrogen) atoms. The van der Waals surface area contributed by atoms with Gasteiger partial charge in [-0.25, -0.2) is 8.42 Å². The molecule has 1 rings (SSSR count). The predicted molar refractivity (Wildman–Crippen MR) is 71.9 cm³/mol. The highest BCUT2D eigenvalue weighted by molar-refractivity contribution is 7.91. The smallest absolute Gasteiger partial charge is 0.152 e. The number of aryl methyl sites for hydroxylation is 1. The second-order valence-electron chi connectivity index (χ2n) is 4.31. The van der Waals surface area contributed by atoms with E-state index in [1.54, 1.807) is 7.05 Å². The van der Waals surface area contributed by atoms with Crippen molar-refractivity contribution in [3.05, 3.63) is 35.4 Å². The molecule has 0 heterocycles. The van der Waals surface area contributed by atoms with Crippen LogP contribution in [0.4, 0.5) is 0 Å². The summed E-state index contributed by atoms with van der Waals surface area (Å²) >= 11 is 0. The molecular formula is C13H21NO2S. The van der Waals surface area contributed by atoms with E-state index >= 15 is 0 Å². The Kier molecular flexibility index (Phi) is 5.15.